The van der Waals surface area contributed by atoms with Crippen molar-refractivity contribution < 1.29 is 4.74 Å². The van der Waals surface area contributed by atoms with Crippen LogP contribution >= 0.6 is 11.8 Å². The molecule has 0 radical (unpaired) electrons. The van der Waals surface area contributed by atoms with Crippen molar-refractivity contribution in [2.24, 2.45) is 7.05 Å². The Kier molecular flexibility index (Phi) is 4.85. The van der Waals surface area contributed by atoms with E-state index >= 15 is 0 Å². The van der Waals surface area contributed by atoms with Gasteiger partial charge in [-0.3, -0.25) is 0 Å². The molecule has 0 saturated heterocycles. The maximum absolute atomic E-state index is 5.93. The van der Waals surface area contributed by atoms with Crippen LogP contribution in [-0.4, -0.2) is 24.1 Å². The number of aromatic nitrogens is 5. The summed E-state index contributed by atoms with van der Waals surface area (Å²) in [5.41, 5.74) is 4.32. The number of hydrogen-bond donors (Lipinski definition) is 0. The normalized spacial score (nSPS) is 11.2. The summed E-state index contributed by atoms with van der Waals surface area (Å²) in [4.78, 5) is 4.62. The second-order valence-electron chi connectivity index (χ2n) is 6.50. The van der Waals surface area contributed by atoms with E-state index in [2.05, 4.69) is 41.2 Å². The highest BCUT2D eigenvalue weighted by atomic mass is 32.2. The van der Waals surface area contributed by atoms with Crippen molar-refractivity contribution in [3.05, 3.63) is 71.4 Å². The molecule has 6 nitrogen and oxygen atoms in total. The van der Waals surface area contributed by atoms with Gasteiger partial charge in [-0.2, -0.15) is 0 Å². The molecule has 0 aliphatic heterocycles. The fraction of sp³-hybridized carbons (Fsp3) is 0.250. The molecule has 0 amide bonds. The Labute approximate surface area is 162 Å². The number of ether oxygens (including phenoxy) is 1. The van der Waals surface area contributed by atoms with Crippen molar-refractivity contribution in [3.63, 3.8) is 0 Å². The topological polar surface area (TPSA) is 57.2 Å². The summed E-state index contributed by atoms with van der Waals surface area (Å²) in [6.45, 7) is 4.52. The van der Waals surface area contributed by atoms with Gasteiger partial charge in [0.1, 0.15) is 18.0 Å². The molecule has 1 aromatic carbocycles. The summed E-state index contributed by atoms with van der Waals surface area (Å²) in [6.07, 6.45) is 4.05. The minimum Gasteiger partial charge on any atom is -0.485 e. The fourth-order valence-corrected chi connectivity index (χ4v) is 3.71. The number of thioether (sulfide) groups is 1. The third-order valence-electron chi connectivity index (χ3n) is 4.38. The molecule has 0 aliphatic rings. The van der Waals surface area contributed by atoms with E-state index < -0.39 is 0 Å². The largest absolute Gasteiger partial charge is 0.485 e. The van der Waals surface area contributed by atoms with Crippen molar-refractivity contribution in [2.75, 3.05) is 0 Å². The zero-order valence-corrected chi connectivity index (χ0v) is 16.4. The fourth-order valence-electron chi connectivity index (χ4n) is 2.90. The SMILES string of the molecule is Cc1ccc(OCc2nnc(SCc3cn4ccccc4n3)n2C)c(C)c1. The lowest BCUT2D eigenvalue weighted by atomic mass is 10.1. The van der Waals surface area contributed by atoms with Gasteiger partial charge in [0.25, 0.3) is 0 Å². The predicted molar refractivity (Wildman–Crippen MR) is 106 cm³/mol. The first-order chi connectivity index (χ1) is 13.1. The van der Waals surface area contributed by atoms with Crippen LogP contribution in [-0.2, 0) is 19.4 Å². The number of nitrogens with zero attached hydrogens (tertiary/aromatic N) is 5. The van der Waals surface area contributed by atoms with Crippen LogP contribution in [0.2, 0.25) is 0 Å². The molecule has 7 heteroatoms. The first-order valence-corrected chi connectivity index (χ1v) is 9.72. The first kappa shape index (κ1) is 17.6. The molecule has 0 bridgehead atoms. The number of aryl methyl sites for hydroxylation is 2. The Morgan fingerprint density at radius 2 is 2.00 bits per heavy atom. The van der Waals surface area contributed by atoms with Crippen molar-refractivity contribution in [2.45, 2.75) is 31.4 Å². The first-order valence-electron chi connectivity index (χ1n) is 8.74. The zero-order chi connectivity index (χ0) is 18.8. The van der Waals surface area contributed by atoms with Gasteiger partial charge in [0.2, 0.25) is 0 Å². The lowest BCUT2D eigenvalue weighted by molar-refractivity contribution is 0.288. The summed E-state index contributed by atoms with van der Waals surface area (Å²) in [5.74, 6) is 2.42. The van der Waals surface area contributed by atoms with Gasteiger partial charge in [0, 0.05) is 25.2 Å². The molecular weight excluding hydrogens is 358 g/mol. The van der Waals surface area contributed by atoms with Crippen LogP contribution in [0.5, 0.6) is 5.75 Å². The summed E-state index contributed by atoms with van der Waals surface area (Å²) >= 11 is 1.62. The Morgan fingerprint density at radius 3 is 2.81 bits per heavy atom. The molecule has 0 fully saturated rings. The Hall–Kier alpha value is -2.80. The average molecular weight is 379 g/mol. The van der Waals surface area contributed by atoms with E-state index in [1.807, 2.05) is 52.7 Å². The lowest BCUT2D eigenvalue weighted by Crippen LogP contribution is -2.05. The molecular formula is C20H21N5OS. The summed E-state index contributed by atoms with van der Waals surface area (Å²) in [6, 6.07) is 12.1. The van der Waals surface area contributed by atoms with Gasteiger partial charge in [-0.15, -0.1) is 10.2 Å². The highest BCUT2D eigenvalue weighted by molar-refractivity contribution is 7.98. The average Bonchev–Trinajstić information content (AvgIpc) is 3.22. The molecule has 0 atom stereocenters. The maximum Gasteiger partial charge on any atom is 0.191 e. The quantitative estimate of drug-likeness (QED) is 0.475. The van der Waals surface area contributed by atoms with Gasteiger partial charge in [-0.25, -0.2) is 4.98 Å². The summed E-state index contributed by atoms with van der Waals surface area (Å²) in [7, 11) is 1.96. The molecule has 0 saturated carbocycles. The number of rotatable bonds is 6. The molecule has 4 aromatic rings. The number of benzene rings is 1. The van der Waals surface area contributed by atoms with Crippen molar-refractivity contribution in [1.82, 2.24) is 24.1 Å². The summed E-state index contributed by atoms with van der Waals surface area (Å²) in [5, 5.41) is 9.42. The predicted octanol–water partition coefficient (Wildman–Crippen LogP) is 3.95. The molecule has 3 heterocycles. The molecule has 0 aliphatic carbocycles. The third-order valence-corrected chi connectivity index (χ3v) is 5.43. The van der Waals surface area contributed by atoms with Crippen LogP contribution in [0.4, 0.5) is 0 Å². The Balaban J connectivity index is 1.41. The Bertz CT molecular complexity index is 1050. The van der Waals surface area contributed by atoms with Crippen LogP contribution < -0.4 is 4.74 Å². The second kappa shape index (κ2) is 7.44. The van der Waals surface area contributed by atoms with E-state index in [0.29, 0.717) is 6.61 Å². The van der Waals surface area contributed by atoms with Gasteiger partial charge in [-0.1, -0.05) is 35.5 Å². The van der Waals surface area contributed by atoms with Crippen molar-refractivity contribution in [1.29, 1.82) is 0 Å². The minimum atomic E-state index is 0.391. The van der Waals surface area contributed by atoms with E-state index in [1.54, 1.807) is 11.8 Å². The van der Waals surface area contributed by atoms with E-state index in [1.165, 1.54) is 5.56 Å². The van der Waals surface area contributed by atoms with Gasteiger partial charge >= 0.3 is 0 Å². The highest BCUT2D eigenvalue weighted by Crippen LogP contribution is 2.23. The van der Waals surface area contributed by atoms with Gasteiger partial charge in [-0.05, 0) is 37.6 Å². The monoisotopic (exact) mass is 379 g/mol. The van der Waals surface area contributed by atoms with E-state index in [0.717, 1.165) is 39.4 Å². The van der Waals surface area contributed by atoms with Crippen LogP contribution in [0, 0.1) is 13.8 Å². The molecule has 3 aromatic heterocycles. The molecule has 0 N–H and O–H groups in total. The van der Waals surface area contributed by atoms with Crippen LogP contribution in [0.25, 0.3) is 5.65 Å². The van der Waals surface area contributed by atoms with Gasteiger partial charge in [0.15, 0.2) is 11.0 Å². The summed E-state index contributed by atoms with van der Waals surface area (Å²) < 4.78 is 9.93. The molecule has 138 valence electrons. The number of imidazole rings is 1. The molecule has 27 heavy (non-hydrogen) atoms. The Morgan fingerprint density at radius 1 is 1.11 bits per heavy atom. The highest BCUT2D eigenvalue weighted by Gasteiger charge is 2.12. The lowest BCUT2D eigenvalue weighted by Gasteiger charge is -2.09. The maximum atomic E-state index is 5.93. The minimum absolute atomic E-state index is 0.391. The zero-order valence-electron chi connectivity index (χ0n) is 15.6. The molecule has 4 rings (SSSR count). The second-order valence-corrected chi connectivity index (χ2v) is 7.44. The van der Waals surface area contributed by atoms with Gasteiger partial charge < -0.3 is 13.7 Å². The van der Waals surface area contributed by atoms with E-state index in [9.17, 15) is 0 Å². The molecule has 0 spiro atoms. The third kappa shape index (κ3) is 3.83. The van der Waals surface area contributed by atoms with Crippen LogP contribution in [0.15, 0.2) is 53.9 Å². The van der Waals surface area contributed by atoms with E-state index in [4.69, 9.17) is 4.74 Å². The van der Waals surface area contributed by atoms with Crippen LogP contribution in [0.1, 0.15) is 22.6 Å². The van der Waals surface area contributed by atoms with Crippen molar-refractivity contribution >= 4 is 17.4 Å². The van der Waals surface area contributed by atoms with Gasteiger partial charge in [0.05, 0.1) is 5.69 Å². The number of hydrogen-bond acceptors (Lipinski definition) is 5. The standard InChI is InChI=1S/C20H21N5OS/c1-14-7-8-17(15(2)10-14)26-12-19-22-23-20(24(19)3)27-13-16-11-25-9-5-4-6-18(25)21-16/h4-11H,12-13H2,1-3H3. The number of fused-ring (bicyclic) bond motifs is 1. The van der Waals surface area contributed by atoms with Crippen molar-refractivity contribution in [3.8, 4) is 5.75 Å². The van der Waals surface area contributed by atoms with E-state index in [-0.39, 0.29) is 0 Å². The number of pyridine rings is 1. The smallest absolute Gasteiger partial charge is 0.191 e. The van der Waals surface area contributed by atoms with Crippen LogP contribution in [0.3, 0.4) is 0 Å². The molecule has 0 unspecified atom stereocenters.